The Morgan fingerprint density at radius 1 is 0.946 bits per heavy atom. The minimum atomic E-state index is -1.77. The van der Waals surface area contributed by atoms with Crippen LogP contribution in [0.3, 0.4) is 0 Å². The monoisotopic (exact) mass is 825 g/mol. The summed E-state index contributed by atoms with van der Waals surface area (Å²) in [6.45, 7) is 15.5. The van der Waals surface area contributed by atoms with E-state index in [1.807, 2.05) is 47.1 Å². The van der Waals surface area contributed by atoms with Crippen LogP contribution < -0.4 is 10.9 Å². The van der Waals surface area contributed by atoms with E-state index in [9.17, 15) is 19.8 Å². The summed E-state index contributed by atoms with van der Waals surface area (Å²) < 4.78 is 11.8. The molecule has 10 nitrogen and oxygen atoms in total. The number of fused-ring (bicyclic) bond motifs is 1. The van der Waals surface area contributed by atoms with Crippen molar-refractivity contribution in [3.05, 3.63) is 85.0 Å². The third-order valence-electron chi connectivity index (χ3n) is 11.9. The zero-order chi connectivity index (χ0) is 40.3. The molecule has 0 amide bonds. The highest BCUT2D eigenvalue weighted by Gasteiger charge is 2.45. The number of nitrogens with one attached hydrogen (secondary N) is 2. The van der Waals surface area contributed by atoms with Crippen LogP contribution in [0.1, 0.15) is 93.4 Å². The number of unbranched alkanes of at least 4 members (excludes halogenated alkanes) is 3. The van der Waals surface area contributed by atoms with Gasteiger partial charge in [0, 0.05) is 37.7 Å². The SMILES string of the molecule is CN(OCCOCCCCCCNC[C@H](C[Si](C)(C)C(C)(C)C)c1ccc(O)c2[nH]c(=O)ccc12)[C@H]1CC[C@H](OC(=O)C(O)(c2cccs2)c2cccs2)CC1. The van der Waals surface area contributed by atoms with E-state index >= 15 is 0 Å². The fourth-order valence-corrected chi connectivity index (χ4v) is 11.3. The van der Waals surface area contributed by atoms with E-state index in [1.165, 1.54) is 28.2 Å². The van der Waals surface area contributed by atoms with Crippen LogP contribution in [-0.2, 0) is 24.7 Å². The lowest BCUT2D eigenvalue weighted by Gasteiger charge is -2.40. The third kappa shape index (κ3) is 11.4. The van der Waals surface area contributed by atoms with Crippen molar-refractivity contribution in [2.75, 3.05) is 40.0 Å². The van der Waals surface area contributed by atoms with Gasteiger partial charge in [-0.3, -0.25) is 9.63 Å². The summed E-state index contributed by atoms with van der Waals surface area (Å²) in [5.41, 5.74) is -0.284. The summed E-state index contributed by atoms with van der Waals surface area (Å²) in [6, 6.07) is 15.7. The summed E-state index contributed by atoms with van der Waals surface area (Å²) in [5.74, 6) is -0.218. The van der Waals surface area contributed by atoms with Crippen LogP contribution in [0, 0.1) is 0 Å². The summed E-state index contributed by atoms with van der Waals surface area (Å²) in [6.07, 6.45) is 7.23. The molecule has 1 fully saturated rings. The summed E-state index contributed by atoms with van der Waals surface area (Å²) in [5, 5.41) is 32.6. The lowest BCUT2D eigenvalue weighted by molar-refractivity contribution is -0.190. The smallest absolute Gasteiger partial charge is 0.349 e. The lowest BCUT2D eigenvalue weighted by Crippen LogP contribution is -2.42. The molecule has 0 saturated heterocycles. The summed E-state index contributed by atoms with van der Waals surface area (Å²) in [7, 11) is 0.333. The van der Waals surface area contributed by atoms with Crippen molar-refractivity contribution in [3.8, 4) is 5.75 Å². The van der Waals surface area contributed by atoms with Crippen molar-refractivity contribution < 1.29 is 29.3 Å². The van der Waals surface area contributed by atoms with Gasteiger partial charge >= 0.3 is 5.97 Å². The highest BCUT2D eigenvalue weighted by atomic mass is 32.1. The zero-order valence-electron chi connectivity index (χ0n) is 34.1. The molecule has 0 aliphatic heterocycles. The second-order valence-electron chi connectivity index (χ2n) is 16.9. The summed E-state index contributed by atoms with van der Waals surface area (Å²) in [4.78, 5) is 35.3. The molecule has 13 heteroatoms. The van der Waals surface area contributed by atoms with Crippen molar-refractivity contribution in [2.24, 2.45) is 0 Å². The predicted octanol–water partition coefficient (Wildman–Crippen LogP) is 8.77. The number of carbonyl (C=O) groups excluding carboxylic acids is 1. The highest BCUT2D eigenvalue weighted by Crippen LogP contribution is 2.44. The third-order valence-corrected chi connectivity index (χ3v) is 19.5. The molecule has 1 saturated carbocycles. The standard InChI is InChI=1S/C43H63N3O7S2Si/c1-42(2,3)56(5,6)30-31(34-19-21-36(47)40-35(34)20-22-39(48)45-40)29-44-23-9-7-8-10-24-51-25-26-52-46(4)32-15-17-33(18-16-32)53-41(49)43(50,37-13-11-27-54-37)38-14-12-28-55-38/h11-14,19-22,27-28,31-33,44,47,50H,7-10,15-18,23-26,29-30H2,1-6H3,(H,45,48)/t31-,32-,33-/m1/s1. The molecule has 0 unspecified atom stereocenters. The Labute approximate surface area is 341 Å². The molecule has 0 bridgehead atoms. The van der Waals surface area contributed by atoms with Gasteiger partial charge in [-0.2, -0.15) is 5.06 Å². The van der Waals surface area contributed by atoms with Crippen LogP contribution in [0.5, 0.6) is 5.75 Å². The first-order valence-corrected chi connectivity index (χ1v) is 25.2. The van der Waals surface area contributed by atoms with E-state index < -0.39 is 19.6 Å². The normalized spacial score (nSPS) is 17.4. The van der Waals surface area contributed by atoms with Crippen LogP contribution >= 0.6 is 22.7 Å². The maximum absolute atomic E-state index is 13.3. The largest absolute Gasteiger partial charge is 0.506 e. The van der Waals surface area contributed by atoms with Crippen LogP contribution in [0.4, 0.5) is 0 Å². The molecule has 0 spiro atoms. The van der Waals surface area contributed by atoms with Crippen LogP contribution in [0.2, 0.25) is 24.2 Å². The fraction of sp³-hybridized carbons (Fsp3) is 0.581. The number of hydrogen-bond acceptors (Lipinski definition) is 11. The number of aliphatic hydroxyl groups is 1. The average Bonchev–Trinajstić information content (AvgIpc) is 3.91. The average molecular weight is 826 g/mol. The first-order valence-electron chi connectivity index (χ1n) is 20.2. The van der Waals surface area contributed by atoms with Gasteiger partial charge in [0.2, 0.25) is 11.2 Å². The number of aromatic amines is 1. The van der Waals surface area contributed by atoms with Gasteiger partial charge in [-0.1, -0.05) is 64.9 Å². The van der Waals surface area contributed by atoms with Crippen molar-refractivity contribution in [1.82, 2.24) is 15.4 Å². The molecule has 1 aliphatic carbocycles. The fourth-order valence-electron chi connectivity index (χ4n) is 7.42. The second kappa shape index (κ2) is 20.2. The maximum Gasteiger partial charge on any atom is 0.349 e. The van der Waals surface area contributed by atoms with E-state index in [1.54, 1.807) is 24.3 Å². The molecule has 5 rings (SSSR count). The van der Waals surface area contributed by atoms with E-state index in [-0.39, 0.29) is 34.4 Å². The number of aromatic hydroxyl groups is 1. The Morgan fingerprint density at radius 3 is 2.27 bits per heavy atom. The van der Waals surface area contributed by atoms with Crippen molar-refractivity contribution in [3.63, 3.8) is 0 Å². The number of phenols is 1. The van der Waals surface area contributed by atoms with E-state index in [4.69, 9.17) is 14.3 Å². The van der Waals surface area contributed by atoms with Gasteiger partial charge in [-0.25, -0.2) is 4.79 Å². The number of H-pyrrole nitrogens is 1. The van der Waals surface area contributed by atoms with Crippen LogP contribution in [0.15, 0.2) is 64.1 Å². The molecule has 56 heavy (non-hydrogen) atoms. The first kappa shape index (κ1) is 44.2. The number of esters is 1. The second-order valence-corrected chi connectivity index (χ2v) is 24.5. The Bertz CT molecular complexity index is 1820. The molecule has 4 aromatic rings. The number of aromatic nitrogens is 1. The molecule has 3 heterocycles. The van der Waals surface area contributed by atoms with Gasteiger partial charge in [0.15, 0.2) is 0 Å². The molecule has 3 aromatic heterocycles. The van der Waals surface area contributed by atoms with Gasteiger partial charge in [0.1, 0.15) is 11.9 Å². The number of benzene rings is 1. The van der Waals surface area contributed by atoms with Gasteiger partial charge in [0.05, 0.1) is 36.6 Å². The molecule has 1 atom stereocenters. The maximum atomic E-state index is 13.3. The number of carbonyl (C=O) groups is 1. The summed E-state index contributed by atoms with van der Waals surface area (Å²) >= 11 is 2.70. The molecule has 308 valence electrons. The van der Waals surface area contributed by atoms with Gasteiger partial charge in [0.25, 0.3) is 0 Å². The topological polar surface area (TPSA) is 133 Å². The number of hydrogen-bond donors (Lipinski definition) is 4. The highest BCUT2D eigenvalue weighted by molar-refractivity contribution is 7.12. The Balaban J connectivity index is 0.942. The number of phenolic OH excluding ortho intramolecular Hbond substituents is 1. The van der Waals surface area contributed by atoms with Gasteiger partial charge in [-0.15, -0.1) is 22.7 Å². The number of nitrogens with zero attached hydrogens (tertiary/aromatic N) is 1. The zero-order valence-corrected chi connectivity index (χ0v) is 36.7. The van der Waals surface area contributed by atoms with Crippen molar-refractivity contribution in [2.45, 2.75) is 120 Å². The Kier molecular flexibility index (Phi) is 15.9. The van der Waals surface area contributed by atoms with Gasteiger partial charge < -0.3 is 30.0 Å². The molecule has 1 aromatic carbocycles. The molecular weight excluding hydrogens is 763 g/mol. The number of ether oxygens (including phenoxy) is 2. The minimum Gasteiger partial charge on any atom is -0.506 e. The van der Waals surface area contributed by atoms with Crippen LogP contribution in [0.25, 0.3) is 10.9 Å². The lowest BCUT2D eigenvalue weighted by atomic mass is 9.92. The molecular formula is C43H63N3O7S2Si. The van der Waals surface area contributed by atoms with E-state index in [2.05, 4.69) is 44.2 Å². The van der Waals surface area contributed by atoms with Crippen LogP contribution in [-0.4, -0.2) is 86.4 Å². The molecule has 4 N–H and O–H groups in total. The van der Waals surface area contributed by atoms with Crippen molar-refractivity contribution >= 4 is 47.6 Å². The Hall–Kier alpha value is -2.88. The quantitative estimate of drug-likeness (QED) is 0.0282. The minimum absolute atomic E-state index is 0.108. The first-order chi connectivity index (χ1) is 26.7. The number of hydroxylamine groups is 2. The Morgan fingerprint density at radius 2 is 1.62 bits per heavy atom. The van der Waals surface area contributed by atoms with E-state index in [0.717, 1.165) is 75.9 Å². The number of rotatable bonds is 21. The van der Waals surface area contributed by atoms with Crippen molar-refractivity contribution in [1.29, 1.82) is 0 Å². The predicted molar refractivity (Wildman–Crippen MR) is 231 cm³/mol. The van der Waals surface area contributed by atoms with Gasteiger partial charge in [-0.05, 0) is 103 Å². The number of thiophene rings is 2. The number of pyridine rings is 1. The molecule has 1 aliphatic rings. The molecule has 0 radical (unpaired) electrons. The van der Waals surface area contributed by atoms with E-state index in [0.29, 0.717) is 35.1 Å².